The molecule has 1 aliphatic rings. The van der Waals surface area contributed by atoms with Crippen LogP contribution in [-0.4, -0.2) is 33.6 Å². The largest absolute Gasteiger partial charge is 0.339 e. The summed E-state index contributed by atoms with van der Waals surface area (Å²) in [5.74, 6) is 0.758. The standard InChI is InChI=1S/C18H25N3OS/c1-11(7-17-13(3)19-20-14(17)4)18(22)21-9-16(8-12(21)2)15-5-6-23-10-15/h5-6,10-12,16H,7-9H2,1-4H3,(H,19,20)/t11-,12-,16+/m0/s1. The summed E-state index contributed by atoms with van der Waals surface area (Å²) < 4.78 is 0. The van der Waals surface area contributed by atoms with Crippen LogP contribution in [0.5, 0.6) is 0 Å². The number of thiophene rings is 1. The lowest BCUT2D eigenvalue weighted by Gasteiger charge is -2.25. The van der Waals surface area contributed by atoms with Gasteiger partial charge in [0.05, 0.1) is 5.69 Å². The van der Waals surface area contributed by atoms with Gasteiger partial charge in [-0.3, -0.25) is 9.89 Å². The summed E-state index contributed by atoms with van der Waals surface area (Å²) >= 11 is 1.74. The number of aryl methyl sites for hydroxylation is 2. The van der Waals surface area contributed by atoms with Crippen molar-refractivity contribution in [1.82, 2.24) is 15.1 Å². The minimum atomic E-state index is -0.00586. The first kappa shape index (κ1) is 16.2. The molecule has 2 aromatic heterocycles. The van der Waals surface area contributed by atoms with E-state index in [0.29, 0.717) is 12.0 Å². The van der Waals surface area contributed by atoms with Gasteiger partial charge in [0, 0.05) is 30.1 Å². The van der Waals surface area contributed by atoms with Gasteiger partial charge in [0.15, 0.2) is 0 Å². The fourth-order valence-electron chi connectivity index (χ4n) is 3.64. The van der Waals surface area contributed by atoms with E-state index in [0.717, 1.165) is 30.8 Å². The molecule has 0 spiro atoms. The van der Waals surface area contributed by atoms with Crippen molar-refractivity contribution in [3.05, 3.63) is 39.3 Å². The van der Waals surface area contributed by atoms with Gasteiger partial charge in [-0.1, -0.05) is 6.92 Å². The van der Waals surface area contributed by atoms with Crippen molar-refractivity contribution < 1.29 is 4.79 Å². The number of aromatic nitrogens is 2. The fraction of sp³-hybridized carbons (Fsp3) is 0.556. The Hall–Kier alpha value is -1.62. The smallest absolute Gasteiger partial charge is 0.225 e. The van der Waals surface area contributed by atoms with Crippen molar-refractivity contribution in [3.63, 3.8) is 0 Å². The SMILES string of the molecule is Cc1n[nH]c(C)c1C[C@H](C)C(=O)N1C[C@H](c2ccsc2)C[C@@H]1C. The summed E-state index contributed by atoms with van der Waals surface area (Å²) in [6.45, 7) is 9.09. The van der Waals surface area contributed by atoms with Crippen LogP contribution in [0.4, 0.5) is 0 Å². The van der Waals surface area contributed by atoms with Gasteiger partial charge in [0.1, 0.15) is 0 Å². The number of H-pyrrole nitrogens is 1. The molecule has 23 heavy (non-hydrogen) atoms. The molecule has 3 rings (SSSR count). The molecule has 1 fully saturated rings. The second-order valence-corrected chi connectivity index (χ2v) is 7.63. The normalized spacial score (nSPS) is 22.5. The molecule has 0 aromatic carbocycles. The highest BCUT2D eigenvalue weighted by molar-refractivity contribution is 7.07. The summed E-state index contributed by atoms with van der Waals surface area (Å²) in [6, 6.07) is 2.51. The molecule has 3 heterocycles. The van der Waals surface area contributed by atoms with Crippen molar-refractivity contribution in [2.24, 2.45) is 5.92 Å². The van der Waals surface area contributed by atoms with Gasteiger partial charge in [-0.05, 0) is 61.6 Å². The molecule has 4 nitrogen and oxygen atoms in total. The quantitative estimate of drug-likeness (QED) is 0.929. The zero-order chi connectivity index (χ0) is 16.6. The van der Waals surface area contributed by atoms with E-state index in [1.807, 2.05) is 20.8 Å². The summed E-state index contributed by atoms with van der Waals surface area (Å²) in [6.07, 6.45) is 1.83. The predicted octanol–water partition coefficient (Wildman–Crippen LogP) is 3.67. The highest BCUT2D eigenvalue weighted by atomic mass is 32.1. The number of nitrogens with one attached hydrogen (secondary N) is 1. The van der Waals surface area contributed by atoms with Gasteiger partial charge in [0.25, 0.3) is 0 Å². The zero-order valence-electron chi connectivity index (χ0n) is 14.3. The van der Waals surface area contributed by atoms with Crippen LogP contribution in [0.3, 0.4) is 0 Å². The molecule has 1 N–H and O–H groups in total. The van der Waals surface area contributed by atoms with Crippen LogP contribution in [0.15, 0.2) is 16.8 Å². The fourth-order valence-corrected chi connectivity index (χ4v) is 4.38. The van der Waals surface area contributed by atoms with E-state index in [9.17, 15) is 4.79 Å². The third-order valence-electron chi connectivity index (χ3n) is 5.09. The molecule has 0 unspecified atom stereocenters. The van der Waals surface area contributed by atoms with Gasteiger partial charge in [0.2, 0.25) is 5.91 Å². The lowest BCUT2D eigenvalue weighted by atomic mass is 9.98. The van der Waals surface area contributed by atoms with Crippen LogP contribution in [0.25, 0.3) is 0 Å². The summed E-state index contributed by atoms with van der Waals surface area (Å²) in [4.78, 5) is 15.0. The van der Waals surface area contributed by atoms with Gasteiger partial charge in [-0.2, -0.15) is 16.4 Å². The topological polar surface area (TPSA) is 49.0 Å². The molecule has 1 saturated heterocycles. The predicted molar refractivity (Wildman–Crippen MR) is 93.8 cm³/mol. The maximum absolute atomic E-state index is 12.9. The van der Waals surface area contributed by atoms with Crippen LogP contribution in [-0.2, 0) is 11.2 Å². The number of hydrogen-bond acceptors (Lipinski definition) is 3. The molecule has 1 amide bonds. The monoisotopic (exact) mass is 331 g/mol. The van der Waals surface area contributed by atoms with E-state index in [-0.39, 0.29) is 11.8 Å². The summed E-state index contributed by atoms with van der Waals surface area (Å²) in [5, 5.41) is 11.6. The average molecular weight is 331 g/mol. The van der Waals surface area contributed by atoms with Gasteiger partial charge >= 0.3 is 0 Å². The number of rotatable bonds is 4. The summed E-state index contributed by atoms with van der Waals surface area (Å²) in [7, 11) is 0. The van der Waals surface area contributed by atoms with E-state index >= 15 is 0 Å². The Kier molecular flexibility index (Phi) is 4.57. The first-order valence-corrected chi connectivity index (χ1v) is 9.24. The second kappa shape index (κ2) is 6.48. The molecular formula is C18H25N3OS. The molecule has 0 saturated carbocycles. The van der Waals surface area contributed by atoms with Crippen molar-refractivity contribution in [2.45, 2.75) is 52.5 Å². The lowest BCUT2D eigenvalue weighted by molar-refractivity contribution is -0.135. The maximum Gasteiger partial charge on any atom is 0.225 e. The Morgan fingerprint density at radius 3 is 2.91 bits per heavy atom. The molecule has 0 radical (unpaired) electrons. The van der Waals surface area contributed by atoms with E-state index in [2.05, 4.69) is 38.8 Å². The number of hydrogen-bond donors (Lipinski definition) is 1. The molecule has 2 aromatic rings. The van der Waals surface area contributed by atoms with Gasteiger partial charge in [-0.15, -0.1) is 0 Å². The number of nitrogens with zero attached hydrogens (tertiary/aromatic N) is 2. The zero-order valence-corrected chi connectivity index (χ0v) is 15.1. The van der Waals surface area contributed by atoms with Gasteiger partial charge < -0.3 is 4.90 Å². The van der Waals surface area contributed by atoms with Crippen molar-refractivity contribution in [3.8, 4) is 0 Å². The van der Waals surface area contributed by atoms with Crippen LogP contribution in [0.1, 0.15) is 48.7 Å². The highest BCUT2D eigenvalue weighted by Gasteiger charge is 2.35. The number of carbonyl (C=O) groups is 1. The Bertz CT molecular complexity index is 657. The second-order valence-electron chi connectivity index (χ2n) is 6.85. The molecule has 0 bridgehead atoms. The first-order chi connectivity index (χ1) is 11.0. The number of likely N-dealkylation sites (tertiary alicyclic amines) is 1. The van der Waals surface area contributed by atoms with Gasteiger partial charge in [-0.25, -0.2) is 0 Å². The van der Waals surface area contributed by atoms with Crippen molar-refractivity contribution in [2.75, 3.05) is 6.54 Å². The molecule has 0 aliphatic carbocycles. The number of carbonyl (C=O) groups excluding carboxylic acids is 1. The summed E-state index contributed by atoms with van der Waals surface area (Å²) in [5.41, 5.74) is 4.65. The van der Waals surface area contributed by atoms with Crippen LogP contribution in [0.2, 0.25) is 0 Å². The maximum atomic E-state index is 12.9. The third kappa shape index (κ3) is 3.20. The average Bonchev–Trinajstić information content (AvgIpc) is 3.23. The van der Waals surface area contributed by atoms with E-state index in [4.69, 9.17) is 0 Å². The van der Waals surface area contributed by atoms with Crippen molar-refractivity contribution >= 4 is 17.2 Å². The molecule has 124 valence electrons. The Morgan fingerprint density at radius 1 is 1.52 bits per heavy atom. The van der Waals surface area contributed by atoms with E-state index < -0.39 is 0 Å². The van der Waals surface area contributed by atoms with Crippen LogP contribution >= 0.6 is 11.3 Å². The molecular weight excluding hydrogens is 306 g/mol. The number of aromatic amines is 1. The Labute approximate surface area is 141 Å². The first-order valence-electron chi connectivity index (χ1n) is 8.30. The minimum Gasteiger partial charge on any atom is -0.339 e. The molecule has 3 atom stereocenters. The van der Waals surface area contributed by atoms with E-state index in [1.54, 1.807) is 11.3 Å². The molecule has 1 aliphatic heterocycles. The van der Waals surface area contributed by atoms with Crippen LogP contribution in [0, 0.1) is 19.8 Å². The van der Waals surface area contributed by atoms with Crippen LogP contribution < -0.4 is 0 Å². The minimum absolute atomic E-state index is 0.00586. The number of amides is 1. The van der Waals surface area contributed by atoms with Crippen molar-refractivity contribution in [1.29, 1.82) is 0 Å². The van der Waals surface area contributed by atoms with E-state index in [1.165, 1.54) is 11.1 Å². The Balaban J connectivity index is 1.68. The lowest BCUT2D eigenvalue weighted by Crippen LogP contribution is -2.38. The molecule has 5 heteroatoms. The Morgan fingerprint density at radius 2 is 2.30 bits per heavy atom. The highest BCUT2D eigenvalue weighted by Crippen LogP contribution is 2.33. The third-order valence-corrected chi connectivity index (χ3v) is 5.79.